The first-order valence-electron chi connectivity index (χ1n) is 7.11. The second kappa shape index (κ2) is 8.12. The van der Waals surface area contributed by atoms with Gasteiger partial charge in [0.15, 0.2) is 0 Å². The van der Waals surface area contributed by atoms with E-state index in [1.807, 2.05) is 0 Å². The van der Waals surface area contributed by atoms with Gasteiger partial charge in [-0.3, -0.25) is 4.79 Å². The fourth-order valence-electron chi connectivity index (χ4n) is 2.83. The van der Waals surface area contributed by atoms with E-state index in [2.05, 4.69) is 34.7 Å². The number of amides is 1. The molecule has 1 aliphatic rings. The summed E-state index contributed by atoms with van der Waals surface area (Å²) in [4.78, 5) is 14.7. The maximum atomic E-state index is 12.5. The minimum absolute atomic E-state index is 0.232. The number of hydrogen-bond acceptors (Lipinski definition) is 1. The lowest BCUT2D eigenvalue weighted by atomic mass is 9.92. The normalized spacial score (nSPS) is 17.4. The molecule has 0 saturated heterocycles. The molecular formula is C14H26BrNO. The summed E-state index contributed by atoms with van der Waals surface area (Å²) >= 11 is 3.48. The van der Waals surface area contributed by atoms with Crippen molar-refractivity contribution in [2.45, 2.75) is 64.8 Å². The highest BCUT2D eigenvalue weighted by Crippen LogP contribution is 2.25. The largest absolute Gasteiger partial charge is 0.339 e. The molecule has 0 spiro atoms. The molecule has 0 aliphatic heterocycles. The van der Waals surface area contributed by atoms with Crippen molar-refractivity contribution in [1.82, 2.24) is 4.90 Å². The highest BCUT2D eigenvalue weighted by Gasteiger charge is 2.28. The number of carbonyl (C=O) groups is 1. The quantitative estimate of drug-likeness (QED) is 0.680. The van der Waals surface area contributed by atoms with Crippen LogP contribution in [0.4, 0.5) is 0 Å². The average molecular weight is 304 g/mol. The van der Waals surface area contributed by atoms with Gasteiger partial charge in [-0.25, -0.2) is 0 Å². The third kappa shape index (κ3) is 4.27. The maximum absolute atomic E-state index is 12.5. The molecule has 0 heterocycles. The summed E-state index contributed by atoms with van der Waals surface area (Å²) in [6.45, 7) is 5.12. The van der Waals surface area contributed by atoms with Gasteiger partial charge in [-0.1, -0.05) is 49.0 Å². The zero-order chi connectivity index (χ0) is 12.7. The van der Waals surface area contributed by atoms with Crippen LogP contribution >= 0.6 is 15.9 Å². The fraction of sp³-hybridized carbons (Fsp3) is 0.929. The standard InChI is InChI=1S/C14H26BrNO/c1-3-12(4-2)14(17)16(11-10-15)13-8-6-5-7-9-13/h12-13H,3-11H2,1-2H3. The summed E-state index contributed by atoms with van der Waals surface area (Å²) in [5, 5.41) is 0.898. The Balaban J connectivity index is 2.65. The van der Waals surface area contributed by atoms with Crippen LogP contribution in [0.2, 0.25) is 0 Å². The van der Waals surface area contributed by atoms with Crippen molar-refractivity contribution < 1.29 is 4.79 Å². The molecule has 0 atom stereocenters. The molecule has 0 bridgehead atoms. The Morgan fingerprint density at radius 2 is 1.82 bits per heavy atom. The highest BCUT2D eigenvalue weighted by molar-refractivity contribution is 9.09. The van der Waals surface area contributed by atoms with Gasteiger partial charge in [-0.05, 0) is 25.7 Å². The van der Waals surface area contributed by atoms with E-state index in [9.17, 15) is 4.79 Å². The molecule has 0 aromatic rings. The second-order valence-corrected chi connectivity index (χ2v) is 5.82. The molecule has 0 aromatic heterocycles. The summed E-state index contributed by atoms with van der Waals surface area (Å²) in [6.07, 6.45) is 8.29. The molecule has 3 heteroatoms. The number of alkyl halides is 1. The van der Waals surface area contributed by atoms with E-state index < -0.39 is 0 Å². The van der Waals surface area contributed by atoms with Crippen molar-refractivity contribution >= 4 is 21.8 Å². The molecule has 2 nitrogen and oxygen atoms in total. The van der Waals surface area contributed by atoms with Crippen molar-refractivity contribution in [1.29, 1.82) is 0 Å². The van der Waals surface area contributed by atoms with Crippen LogP contribution in [0.15, 0.2) is 0 Å². The van der Waals surface area contributed by atoms with Crippen LogP contribution in [0.25, 0.3) is 0 Å². The predicted molar refractivity (Wildman–Crippen MR) is 76.5 cm³/mol. The van der Waals surface area contributed by atoms with Crippen LogP contribution in [0, 0.1) is 5.92 Å². The molecule has 17 heavy (non-hydrogen) atoms. The van der Waals surface area contributed by atoms with Gasteiger partial charge >= 0.3 is 0 Å². The van der Waals surface area contributed by atoms with Gasteiger partial charge < -0.3 is 4.90 Å². The summed E-state index contributed by atoms with van der Waals surface area (Å²) in [7, 11) is 0. The Morgan fingerprint density at radius 3 is 2.29 bits per heavy atom. The molecule has 0 N–H and O–H groups in total. The number of halogens is 1. The Bertz CT molecular complexity index is 222. The van der Waals surface area contributed by atoms with E-state index in [0.29, 0.717) is 11.9 Å². The van der Waals surface area contributed by atoms with Crippen LogP contribution in [-0.2, 0) is 4.79 Å². The van der Waals surface area contributed by atoms with Crippen LogP contribution in [0.5, 0.6) is 0 Å². The Hall–Kier alpha value is -0.0500. The lowest BCUT2D eigenvalue weighted by Gasteiger charge is -2.36. The third-order valence-electron chi connectivity index (χ3n) is 3.96. The van der Waals surface area contributed by atoms with Gasteiger partial charge in [0.25, 0.3) is 0 Å². The molecule has 1 saturated carbocycles. The molecule has 0 radical (unpaired) electrons. The number of nitrogens with zero attached hydrogens (tertiary/aromatic N) is 1. The summed E-state index contributed by atoms with van der Waals surface area (Å²) in [5.74, 6) is 0.623. The summed E-state index contributed by atoms with van der Waals surface area (Å²) in [5.41, 5.74) is 0. The first-order valence-corrected chi connectivity index (χ1v) is 8.23. The van der Waals surface area contributed by atoms with Crippen molar-refractivity contribution in [3.63, 3.8) is 0 Å². The molecular weight excluding hydrogens is 278 g/mol. The van der Waals surface area contributed by atoms with Crippen LogP contribution in [0.1, 0.15) is 58.8 Å². The molecule has 1 rings (SSSR count). The molecule has 1 amide bonds. The SMILES string of the molecule is CCC(CC)C(=O)N(CCBr)C1CCCCC1. The van der Waals surface area contributed by atoms with Gasteiger partial charge in [0.05, 0.1) is 0 Å². The maximum Gasteiger partial charge on any atom is 0.225 e. The zero-order valence-corrected chi connectivity index (χ0v) is 12.8. The average Bonchev–Trinajstić information content (AvgIpc) is 2.38. The third-order valence-corrected chi connectivity index (χ3v) is 4.31. The Labute approximate surface area is 114 Å². The molecule has 0 unspecified atom stereocenters. The van der Waals surface area contributed by atoms with E-state index in [4.69, 9.17) is 0 Å². The van der Waals surface area contributed by atoms with Crippen LogP contribution < -0.4 is 0 Å². The minimum Gasteiger partial charge on any atom is -0.339 e. The monoisotopic (exact) mass is 303 g/mol. The highest BCUT2D eigenvalue weighted by atomic mass is 79.9. The van der Waals surface area contributed by atoms with Crippen molar-refractivity contribution in [2.24, 2.45) is 5.92 Å². The molecule has 1 fully saturated rings. The predicted octanol–water partition coefficient (Wildman–Crippen LogP) is 3.98. The van der Waals surface area contributed by atoms with Crippen molar-refractivity contribution in [2.75, 3.05) is 11.9 Å². The van der Waals surface area contributed by atoms with Gasteiger partial charge in [0.2, 0.25) is 5.91 Å². The van der Waals surface area contributed by atoms with Gasteiger partial charge in [0.1, 0.15) is 0 Å². The van der Waals surface area contributed by atoms with E-state index in [0.717, 1.165) is 24.7 Å². The summed E-state index contributed by atoms with van der Waals surface area (Å²) < 4.78 is 0. The van der Waals surface area contributed by atoms with Gasteiger partial charge in [-0.15, -0.1) is 0 Å². The number of carbonyl (C=O) groups excluding carboxylic acids is 1. The van der Waals surface area contributed by atoms with E-state index in [1.54, 1.807) is 0 Å². The van der Waals surface area contributed by atoms with Crippen LogP contribution in [0.3, 0.4) is 0 Å². The fourth-order valence-corrected chi connectivity index (χ4v) is 3.21. The lowest BCUT2D eigenvalue weighted by Crippen LogP contribution is -2.45. The van der Waals surface area contributed by atoms with Gasteiger partial charge in [0, 0.05) is 23.8 Å². The zero-order valence-electron chi connectivity index (χ0n) is 11.3. The second-order valence-electron chi connectivity index (χ2n) is 5.03. The Morgan fingerprint density at radius 1 is 1.24 bits per heavy atom. The lowest BCUT2D eigenvalue weighted by molar-refractivity contribution is -0.138. The molecule has 0 aromatic carbocycles. The van der Waals surface area contributed by atoms with Gasteiger partial charge in [-0.2, -0.15) is 0 Å². The minimum atomic E-state index is 0.232. The van der Waals surface area contributed by atoms with E-state index >= 15 is 0 Å². The number of rotatable bonds is 6. The first kappa shape index (κ1) is 15.0. The topological polar surface area (TPSA) is 20.3 Å². The van der Waals surface area contributed by atoms with Crippen molar-refractivity contribution in [3.05, 3.63) is 0 Å². The van der Waals surface area contributed by atoms with E-state index in [1.165, 1.54) is 32.1 Å². The van der Waals surface area contributed by atoms with Crippen molar-refractivity contribution in [3.8, 4) is 0 Å². The molecule has 1 aliphatic carbocycles. The smallest absolute Gasteiger partial charge is 0.225 e. The van der Waals surface area contributed by atoms with Crippen LogP contribution in [-0.4, -0.2) is 28.7 Å². The summed E-state index contributed by atoms with van der Waals surface area (Å²) in [6, 6.07) is 0.509. The Kier molecular flexibility index (Phi) is 7.17. The van der Waals surface area contributed by atoms with E-state index in [-0.39, 0.29) is 5.92 Å². The number of hydrogen-bond donors (Lipinski definition) is 0. The first-order chi connectivity index (χ1) is 8.24. The molecule has 100 valence electrons.